The molecule has 78 valence electrons. The minimum absolute atomic E-state index is 0.128. The molecule has 1 aromatic rings. The Morgan fingerprint density at radius 2 is 2.13 bits per heavy atom. The van der Waals surface area contributed by atoms with Crippen molar-refractivity contribution in [1.29, 1.82) is 0 Å². The van der Waals surface area contributed by atoms with E-state index in [9.17, 15) is 4.79 Å². The van der Waals surface area contributed by atoms with Crippen molar-refractivity contribution in [2.45, 2.75) is 12.9 Å². The van der Waals surface area contributed by atoms with Gasteiger partial charge in [-0.1, -0.05) is 36.4 Å². The standard InChI is InChI=1S/C12H12O3/c13-11-7-4-8-14-12(11)15-9-10-5-2-1-3-6-10/h1-7,12H,8-9H2/t12-/m0/s1. The van der Waals surface area contributed by atoms with Gasteiger partial charge in [0.15, 0.2) is 0 Å². The number of ether oxygens (including phenoxy) is 2. The largest absolute Gasteiger partial charge is 0.342 e. The smallest absolute Gasteiger partial charge is 0.222 e. The molecule has 0 aliphatic carbocycles. The molecule has 0 bridgehead atoms. The maximum atomic E-state index is 11.3. The van der Waals surface area contributed by atoms with E-state index in [1.807, 2.05) is 30.3 Å². The number of rotatable bonds is 3. The highest BCUT2D eigenvalue weighted by Gasteiger charge is 2.19. The van der Waals surface area contributed by atoms with Crippen molar-refractivity contribution < 1.29 is 14.3 Å². The molecule has 0 saturated heterocycles. The Balaban J connectivity index is 1.88. The van der Waals surface area contributed by atoms with Gasteiger partial charge in [-0.3, -0.25) is 4.79 Å². The van der Waals surface area contributed by atoms with E-state index in [-0.39, 0.29) is 5.78 Å². The van der Waals surface area contributed by atoms with Crippen molar-refractivity contribution in [3.8, 4) is 0 Å². The summed E-state index contributed by atoms with van der Waals surface area (Å²) in [4.78, 5) is 11.3. The molecule has 0 aromatic heterocycles. The predicted octanol–water partition coefficient (Wildman–Crippen LogP) is 1.68. The fourth-order valence-corrected chi connectivity index (χ4v) is 1.34. The molecule has 1 atom stereocenters. The second-order valence-corrected chi connectivity index (χ2v) is 3.27. The van der Waals surface area contributed by atoms with Crippen LogP contribution in [0.5, 0.6) is 0 Å². The Hall–Kier alpha value is -1.45. The van der Waals surface area contributed by atoms with E-state index in [1.54, 1.807) is 6.08 Å². The van der Waals surface area contributed by atoms with E-state index < -0.39 is 6.29 Å². The zero-order chi connectivity index (χ0) is 10.5. The molecule has 0 amide bonds. The third kappa shape index (κ3) is 2.75. The summed E-state index contributed by atoms with van der Waals surface area (Å²) in [5, 5.41) is 0. The van der Waals surface area contributed by atoms with Gasteiger partial charge in [0.25, 0.3) is 0 Å². The SMILES string of the molecule is O=C1C=CCO[C@H]1OCc1ccccc1. The first-order valence-corrected chi connectivity index (χ1v) is 4.84. The molecule has 1 aromatic carbocycles. The Bertz CT molecular complexity index is 356. The highest BCUT2D eigenvalue weighted by molar-refractivity contribution is 5.93. The molecule has 0 radical (unpaired) electrons. The highest BCUT2D eigenvalue weighted by Crippen LogP contribution is 2.08. The van der Waals surface area contributed by atoms with Gasteiger partial charge in [-0.05, 0) is 11.6 Å². The van der Waals surface area contributed by atoms with Crippen molar-refractivity contribution in [3.05, 3.63) is 48.0 Å². The maximum absolute atomic E-state index is 11.3. The first-order chi connectivity index (χ1) is 7.36. The molecule has 3 nitrogen and oxygen atoms in total. The predicted molar refractivity (Wildman–Crippen MR) is 55.1 cm³/mol. The van der Waals surface area contributed by atoms with Crippen LogP contribution >= 0.6 is 0 Å². The average molecular weight is 204 g/mol. The molecule has 0 fully saturated rings. The molecule has 0 spiro atoms. The normalized spacial score (nSPS) is 20.5. The molecular formula is C12H12O3. The van der Waals surface area contributed by atoms with Gasteiger partial charge in [0.2, 0.25) is 12.1 Å². The summed E-state index contributed by atoms with van der Waals surface area (Å²) >= 11 is 0. The first-order valence-electron chi connectivity index (χ1n) is 4.84. The lowest BCUT2D eigenvalue weighted by molar-refractivity contribution is -0.168. The van der Waals surface area contributed by atoms with Gasteiger partial charge in [-0.15, -0.1) is 0 Å². The number of benzene rings is 1. The van der Waals surface area contributed by atoms with Crippen LogP contribution in [-0.2, 0) is 20.9 Å². The number of carbonyl (C=O) groups is 1. The van der Waals surface area contributed by atoms with E-state index in [4.69, 9.17) is 9.47 Å². The minimum Gasteiger partial charge on any atom is -0.342 e. The van der Waals surface area contributed by atoms with Crippen molar-refractivity contribution in [2.24, 2.45) is 0 Å². The van der Waals surface area contributed by atoms with Crippen molar-refractivity contribution in [1.82, 2.24) is 0 Å². The van der Waals surface area contributed by atoms with Crippen LogP contribution in [0.1, 0.15) is 5.56 Å². The Morgan fingerprint density at radius 3 is 2.87 bits per heavy atom. The molecule has 0 N–H and O–H groups in total. The lowest BCUT2D eigenvalue weighted by atomic mass is 10.2. The first kappa shape index (κ1) is 10.1. The second kappa shape index (κ2) is 4.87. The van der Waals surface area contributed by atoms with Gasteiger partial charge >= 0.3 is 0 Å². The van der Waals surface area contributed by atoms with E-state index in [0.717, 1.165) is 5.56 Å². The lowest BCUT2D eigenvalue weighted by Gasteiger charge is -2.17. The van der Waals surface area contributed by atoms with Gasteiger partial charge in [0, 0.05) is 0 Å². The third-order valence-corrected chi connectivity index (χ3v) is 2.10. The monoisotopic (exact) mass is 204 g/mol. The molecule has 0 unspecified atom stereocenters. The molecular weight excluding hydrogens is 192 g/mol. The van der Waals surface area contributed by atoms with Gasteiger partial charge in [0.05, 0.1) is 13.2 Å². The number of hydrogen-bond acceptors (Lipinski definition) is 3. The fourth-order valence-electron chi connectivity index (χ4n) is 1.34. The van der Waals surface area contributed by atoms with Crippen LogP contribution in [0.4, 0.5) is 0 Å². The van der Waals surface area contributed by atoms with Crippen molar-refractivity contribution in [3.63, 3.8) is 0 Å². The summed E-state index contributed by atoms with van der Waals surface area (Å²) in [5.74, 6) is -0.128. The zero-order valence-corrected chi connectivity index (χ0v) is 8.26. The van der Waals surface area contributed by atoms with E-state index in [2.05, 4.69) is 0 Å². The molecule has 0 saturated carbocycles. The van der Waals surface area contributed by atoms with Crippen molar-refractivity contribution in [2.75, 3.05) is 6.61 Å². The van der Waals surface area contributed by atoms with Crippen LogP contribution in [0, 0.1) is 0 Å². The van der Waals surface area contributed by atoms with Gasteiger partial charge in [-0.25, -0.2) is 0 Å². The summed E-state index contributed by atoms with van der Waals surface area (Å²) in [6.07, 6.45) is 2.44. The summed E-state index contributed by atoms with van der Waals surface area (Å²) in [6, 6.07) is 9.70. The van der Waals surface area contributed by atoms with Crippen LogP contribution in [0.15, 0.2) is 42.5 Å². The van der Waals surface area contributed by atoms with E-state index in [1.165, 1.54) is 6.08 Å². The topological polar surface area (TPSA) is 35.5 Å². The number of hydrogen-bond donors (Lipinski definition) is 0. The molecule has 2 rings (SSSR count). The van der Waals surface area contributed by atoms with Crippen LogP contribution in [-0.4, -0.2) is 18.7 Å². The van der Waals surface area contributed by atoms with Crippen LogP contribution in [0.3, 0.4) is 0 Å². The van der Waals surface area contributed by atoms with Gasteiger partial charge < -0.3 is 9.47 Å². The highest BCUT2D eigenvalue weighted by atomic mass is 16.7. The third-order valence-electron chi connectivity index (χ3n) is 2.10. The number of ketones is 1. The number of carbonyl (C=O) groups excluding carboxylic acids is 1. The Kier molecular flexibility index (Phi) is 3.27. The average Bonchev–Trinajstić information content (AvgIpc) is 2.29. The summed E-state index contributed by atoms with van der Waals surface area (Å²) in [5.41, 5.74) is 1.03. The minimum atomic E-state index is -0.741. The summed E-state index contributed by atoms with van der Waals surface area (Å²) < 4.78 is 10.5. The zero-order valence-electron chi connectivity index (χ0n) is 8.26. The van der Waals surface area contributed by atoms with E-state index >= 15 is 0 Å². The second-order valence-electron chi connectivity index (χ2n) is 3.27. The van der Waals surface area contributed by atoms with Crippen LogP contribution in [0.25, 0.3) is 0 Å². The summed E-state index contributed by atoms with van der Waals surface area (Å²) in [6.45, 7) is 0.830. The van der Waals surface area contributed by atoms with E-state index in [0.29, 0.717) is 13.2 Å². The fraction of sp³-hybridized carbons (Fsp3) is 0.250. The van der Waals surface area contributed by atoms with Gasteiger partial charge in [0.1, 0.15) is 0 Å². The quantitative estimate of drug-likeness (QED) is 0.751. The lowest BCUT2D eigenvalue weighted by Crippen LogP contribution is -2.28. The molecule has 3 heteroatoms. The van der Waals surface area contributed by atoms with Crippen LogP contribution in [0.2, 0.25) is 0 Å². The molecule has 1 heterocycles. The van der Waals surface area contributed by atoms with Gasteiger partial charge in [-0.2, -0.15) is 0 Å². The Labute approximate surface area is 88.3 Å². The van der Waals surface area contributed by atoms with Crippen molar-refractivity contribution >= 4 is 5.78 Å². The molecule has 1 aliphatic rings. The Morgan fingerprint density at radius 1 is 1.33 bits per heavy atom. The maximum Gasteiger partial charge on any atom is 0.222 e. The molecule has 15 heavy (non-hydrogen) atoms. The van der Waals surface area contributed by atoms with Crippen LogP contribution < -0.4 is 0 Å². The summed E-state index contributed by atoms with van der Waals surface area (Å²) in [7, 11) is 0. The molecule has 1 aliphatic heterocycles.